The van der Waals surface area contributed by atoms with Gasteiger partial charge in [0.1, 0.15) is 51.2 Å². The Labute approximate surface area is 395 Å². The van der Waals surface area contributed by atoms with Gasteiger partial charge in [0.2, 0.25) is 5.91 Å². The lowest BCUT2D eigenvalue weighted by Crippen LogP contribution is -2.46. The van der Waals surface area contributed by atoms with E-state index in [9.17, 15) is 47.0 Å². The van der Waals surface area contributed by atoms with Crippen LogP contribution < -0.4 is 31.2 Å². The molecule has 2 aromatic carbocycles. The van der Waals surface area contributed by atoms with Crippen molar-refractivity contribution in [2.24, 2.45) is 0 Å². The number of nitrogens with zero attached hydrogens (tertiary/aromatic N) is 7. The molecule has 20 nitrogen and oxygen atoms in total. The Hall–Kier alpha value is -7.43. The number of aryl methyl sites for hydroxylation is 1. The van der Waals surface area contributed by atoms with E-state index in [4.69, 9.17) is 9.47 Å². The number of rotatable bonds is 12. The van der Waals surface area contributed by atoms with Crippen LogP contribution in [0.25, 0.3) is 22.1 Å². The first-order valence-electron chi connectivity index (χ1n) is 21.6. The van der Waals surface area contributed by atoms with Crippen molar-refractivity contribution in [1.29, 1.82) is 0 Å². The lowest BCUT2D eigenvalue weighted by atomic mass is 10.0. The molecule has 2 aliphatic heterocycles. The van der Waals surface area contributed by atoms with Crippen LogP contribution >= 0.6 is 0 Å². The molecule has 0 unspecified atom stereocenters. The van der Waals surface area contributed by atoms with Crippen molar-refractivity contribution >= 4 is 50.0 Å². The van der Waals surface area contributed by atoms with E-state index in [1.807, 2.05) is 31.2 Å². The Morgan fingerprint density at radius 1 is 0.739 bits per heavy atom. The van der Waals surface area contributed by atoms with Crippen molar-refractivity contribution < 1.29 is 46.9 Å². The average Bonchev–Trinajstić information content (AvgIpc) is 3.31. The number of benzene rings is 2. The van der Waals surface area contributed by atoms with Gasteiger partial charge in [-0.1, -0.05) is 42.0 Å². The molecular formula is C47H52FN9O11S. The van der Waals surface area contributed by atoms with E-state index in [1.165, 1.54) is 74.5 Å². The molecule has 0 aliphatic carbocycles. The summed E-state index contributed by atoms with van der Waals surface area (Å²) in [5.41, 5.74) is 2.60. The van der Waals surface area contributed by atoms with Crippen molar-refractivity contribution in [3.05, 3.63) is 126 Å². The number of hydrogen-bond donors (Lipinski definition) is 4. The molecule has 0 fully saturated rings. The van der Waals surface area contributed by atoms with Crippen LogP contribution in [0.4, 0.5) is 4.39 Å². The maximum Gasteiger partial charge on any atom is 0.281 e. The summed E-state index contributed by atoms with van der Waals surface area (Å²) in [5.74, 6) is -2.40. The standard InChI is InChI=1S/C24H29N5O6S.C23H23FN4O5/c1-14-6-8-15(9-7-14)10-16-11-26-19-20-22(16)35-17(12-28(5)36(33,34)27(3)4)13-29(20)24(32)18(21(19)30)23(31)25-2;1-12(29)27(3)10-16-11-28-19-18(20(30)17(23(28)32)22(31)25-2)26-9-14(21(19)33-16)8-13-4-6-15(24)7-5-13/h6-9,11,17,30H,10,12-13H2,1-5H3,(H,25,31);4-7,9,16,30H,8,10-11H2,1-3H3,(H,25,31)/t17-;16-/m10/s1. The van der Waals surface area contributed by atoms with E-state index >= 15 is 0 Å². The summed E-state index contributed by atoms with van der Waals surface area (Å²) >= 11 is 0. The Kier molecular flexibility index (Phi) is 14.1. The fourth-order valence-electron chi connectivity index (χ4n) is 8.17. The smallest absolute Gasteiger partial charge is 0.281 e. The number of pyridine rings is 4. The largest absolute Gasteiger partial charge is 0.505 e. The van der Waals surface area contributed by atoms with Gasteiger partial charge in [0.05, 0.1) is 26.2 Å². The van der Waals surface area contributed by atoms with Crippen molar-refractivity contribution in [3.8, 4) is 23.0 Å². The second kappa shape index (κ2) is 19.7. The zero-order chi connectivity index (χ0) is 50.2. The molecule has 3 amide bonds. The summed E-state index contributed by atoms with van der Waals surface area (Å²) in [4.78, 5) is 73.3. The van der Waals surface area contributed by atoms with Gasteiger partial charge in [0.25, 0.3) is 33.1 Å². The molecule has 0 radical (unpaired) electrons. The number of hydrogen-bond acceptors (Lipinski definition) is 13. The molecule has 0 saturated heterocycles. The van der Waals surface area contributed by atoms with Crippen LogP contribution in [0.15, 0.2) is 70.5 Å². The SMILES string of the molecule is CNC(=O)c1c(O)c2ncc(Cc3ccc(C)cc3)c3c2n(c1=O)C[C@@H](CN(C)S(=O)(=O)N(C)C)O3.CNC(=O)c1c(O)c2ncc(Cc3ccc(F)cc3)c3c2n(c1=O)C[C@H](CN(C)C(C)=O)O3. The number of aromatic nitrogens is 4. The number of nitrogens with one attached hydrogen (secondary N) is 2. The topological polar surface area (TPSA) is 248 Å². The minimum atomic E-state index is -3.73. The number of aromatic hydroxyl groups is 2. The van der Waals surface area contributed by atoms with Gasteiger partial charge in [-0.05, 0) is 30.2 Å². The van der Waals surface area contributed by atoms with Crippen molar-refractivity contribution in [3.63, 3.8) is 0 Å². The summed E-state index contributed by atoms with van der Waals surface area (Å²) in [6.45, 7) is 3.60. The van der Waals surface area contributed by atoms with E-state index < -0.39 is 68.0 Å². The lowest BCUT2D eigenvalue weighted by molar-refractivity contribution is -0.128. The van der Waals surface area contributed by atoms with E-state index in [1.54, 1.807) is 25.4 Å². The summed E-state index contributed by atoms with van der Waals surface area (Å²) in [6.07, 6.45) is 2.49. The molecule has 2 aliphatic rings. The molecule has 6 heterocycles. The maximum absolute atomic E-state index is 13.4. The zero-order valence-corrected chi connectivity index (χ0v) is 40.0. The van der Waals surface area contributed by atoms with Crippen LogP contribution in [-0.4, -0.2) is 137 Å². The summed E-state index contributed by atoms with van der Waals surface area (Å²) in [7, 11) is 4.90. The van der Waals surface area contributed by atoms with Crippen molar-refractivity contribution in [2.75, 3.05) is 55.4 Å². The summed E-state index contributed by atoms with van der Waals surface area (Å²) in [6, 6.07) is 13.9. The van der Waals surface area contributed by atoms with E-state index in [0.717, 1.165) is 25.3 Å². The predicted octanol–water partition coefficient (Wildman–Crippen LogP) is 2.29. The van der Waals surface area contributed by atoms with E-state index in [2.05, 4.69) is 20.6 Å². The highest BCUT2D eigenvalue weighted by Gasteiger charge is 2.35. The van der Waals surface area contributed by atoms with Gasteiger partial charge in [-0.25, -0.2) is 4.39 Å². The van der Waals surface area contributed by atoms with Gasteiger partial charge in [0, 0.05) is 85.6 Å². The number of carbonyl (C=O) groups is 3. The van der Waals surface area contributed by atoms with Crippen LogP contribution in [-0.2, 0) is 40.9 Å². The molecule has 0 bridgehead atoms. The first-order chi connectivity index (χ1) is 32.7. The number of amides is 3. The van der Waals surface area contributed by atoms with Gasteiger partial charge in [-0.3, -0.25) is 43.1 Å². The molecule has 2 atom stereocenters. The third-order valence-corrected chi connectivity index (χ3v) is 13.8. The number of halogens is 1. The van der Waals surface area contributed by atoms with Crippen LogP contribution in [0.2, 0.25) is 0 Å². The van der Waals surface area contributed by atoms with Crippen LogP contribution in [0.5, 0.6) is 23.0 Å². The van der Waals surface area contributed by atoms with Crippen LogP contribution in [0.1, 0.15) is 55.5 Å². The molecule has 22 heteroatoms. The van der Waals surface area contributed by atoms with Crippen molar-refractivity contribution in [1.82, 2.24) is 43.2 Å². The van der Waals surface area contributed by atoms with Gasteiger partial charge < -0.3 is 35.2 Å². The predicted molar refractivity (Wildman–Crippen MR) is 253 cm³/mol. The second-order valence-electron chi connectivity index (χ2n) is 17.0. The fraction of sp³-hybridized carbons (Fsp3) is 0.340. The normalized spacial score (nSPS) is 15.0. The zero-order valence-electron chi connectivity index (χ0n) is 39.2. The second-order valence-corrected chi connectivity index (χ2v) is 19.2. The average molecular weight is 970 g/mol. The van der Waals surface area contributed by atoms with Gasteiger partial charge >= 0.3 is 0 Å². The third-order valence-electron chi connectivity index (χ3n) is 11.9. The fourth-order valence-corrected chi connectivity index (χ4v) is 9.09. The number of ether oxygens (including phenoxy) is 2. The molecule has 6 aromatic rings. The quantitative estimate of drug-likeness (QED) is 0.138. The molecule has 364 valence electrons. The molecule has 4 aromatic heterocycles. The van der Waals surface area contributed by atoms with Gasteiger partial charge in [-0.15, -0.1) is 0 Å². The maximum atomic E-state index is 13.4. The van der Waals surface area contributed by atoms with E-state index in [-0.39, 0.29) is 60.0 Å². The summed E-state index contributed by atoms with van der Waals surface area (Å²) in [5, 5.41) is 26.2. The first-order valence-corrected chi connectivity index (χ1v) is 23.0. The molecule has 69 heavy (non-hydrogen) atoms. The molecule has 0 saturated carbocycles. The molecule has 0 spiro atoms. The lowest BCUT2D eigenvalue weighted by Gasteiger charge is -2.32. The Balaban J connectivity index is 0.000000205. The highest BCUT2D eigenvalue weighted by atomic mass is 32.2. The molecular weight excluding hydrogens is 918 g/mol. The van der Waals surface area contributed by atoms with Gasteiger partial charge in [-0.2, -0.15) is 17.0 Å². The van der Waals surface area contributed by atoms with Crippen molar-refractivity contribution in [2.45, 2.75) is 52.0 Å². The highest BCUT2D eigenvalue weighted by molar-refractivity contribution is 7.86. The monoisotopic (exact) mass is 969 g/mol. The number of carbonyl (C=O) groups excluding carboxylic acids is 3. The molecule has 4 N–H and O–H groups in total. The van der Waals surface area contributed by atoms with Crippen LogP contribution in [0.3, 0.4) is 0 Å². The Morgan fingerprint density at radius 2 is 1.16 bits per heavy atom. The van der Waals surface area contributed by atoms with Crippen LogP contribution in [0, 0.1) is 12.7 Å². The first kappa shape index (κ1) is 49.5. The third kappa shape index (κ3) is 9.67. The van der Waals surface area contributed by atoms with E-state index in [0.29, 0.717) is 35.5 Å². The molecule has 8 rings (SSSR count). The Bertz CT molecular complexity index is 3250. The minimum Gasteiger partial charge on any atom is -0.505 e. The number of likely N-dealkylation sites (N-methyl/N-ethyl adjacent to an activating group) is 2. The highest BCUT2D eigenvalue weighted by Crippen LogP contribution is 2.39. The summed E-state index contributed by atoms with van der Waals surface area (Å²) < 4.78 is 56.0. The van der Waals surface area contributed by atoms with Gasteiger partial charge in [0.15, 0.2) is 23.0 Å². The Morgan fingerprint density at radius 3 is 1.57 bits per heavy atom. The minimum absolute atomic E-state index is 0.0322.